The van der Waals surface area contributed by atoms with Gasteiger partial charge in [-0.05, 0) is 24.3 Å². The topological polar surface area (TPSA) is 64.7 Å². The Morgan fingerprint density at radius 1 is 1.00 bits per heavy atom. The van der Waals surface area contributed by atoms with Gasteiger partial charge in [-0.2, -0.15) is 0 Å². The highest BCUT2D eigenvalue weighted by Crippen LogP contribution is 2.32. The van der Waals surface area contributed by atoms with Crippen LogP contribution in [0.25, 0.3) is 27.9 Å². The lowest BCUT2D eigenvalue weighted by Crippen LogP contribution is -2.26. The lowest BCUT2D eigenvalue weighted by molar-refractivity contribution is 0.0944. The van der Waals surface area contributed by atoms with Crippen LogP contribution in [0.4, 0.5) is 8.78 Å². The predicted molar refractivity (Wildman–Crippen MR) is 113 cm³/mol. The van der Waals surface area contributed by atoms with Gasteiger partial charge in [0, 0.05) is 43.0 Å². The quantitative estimate of drug-likeness (QED) is 0.478. The van der Waals surface area contributed by atoms with E-state index < -0.39 is 17.5 Å². The molecule has 6 nitrogen and oxygen atoms in total. The van der Waals surface area contributed by atoms with Gasteiger partial charge in [-0.25, -0.2) is 18.7 Å². The number of rotatable bonds is 4. The third kappa shape index (κ3) is 3.13. The summed E-state index contributed by atoms with van der Waals surface area (Å²) in [7, 11) is 1.93. The summed E-state index contributed by atoms with van der Waals surface area (Å²) in [6, 6.07) is 14.6. The summed E-state index contributed by atoms with van der Waals surface area (Å²) in [6.07, 6.45) is 3.21. The highest BCUT2D eigenvalue weighted by Gasteiger charge is 2.23. The van der Waals surface area contributed by atoms with Gasteiger partial charge in [0.15, 0.2) is 0 Å². The number of halogens is 2. The first-order chi connectivity index (χ1) is 15.0. The van der Waals surface area contributed by atoms with Gasteiger partial charge < -0.3 is 9.88 Å². The van der Waals surface area contributed by atoms with E-state index in [4.69, 9.17) is 0 Å². The Kier molecular flexibility index (Phi) is 4.47. The van der Waals surface area contributed by atoms with Crippen molar-refractivity contribution >= 4 is 27.8 Å². The van der Waals surface area contributed by atoms with Gasteiger partial charge in [0.2, 0.25) is 5.95 Å². The van der Waals surface area contributed by atoms with Crippen molar-refractivity contribution in [1.29, 1.82) is 0 Å². The van der Waals surface area contributed by atoms with E-state index in [1.54, 1.807) is 29.1 Å². The highest BCUT2D eigenvalue weighted by atomic mass is 19.1. The van der Waals surface area contributed by atoms with E-state index in [0.29, 0.717) is 11.6 Å². The van der Waals surface area contributed by atoms with Crippen LogP contribution in [0.3, 0.4) is 0 Å². The number of aryl methyl sites for hydroxylation is 1. The number of nitrogens with zero attached hydrogens (tertiary/aromatic N) is 4. The molecule has 0 unspecified atom stereocenters. The van der Waals surface area contributed by atoms with Crippen molar-refractivity contribution in [1.82, 2.24) is 24.4 Å². The molecule has 154 valence electrons. The molecule has 2 aromatic carbocycles. The number of para-hydroxylation sites is 1. The number of amides is 1. The zero-order chi connectivity index (χ0) is 21.5. The minimum Gasteiger partial charge on any atom is -0.347 e. The second-order valence-corrected chi connectivity index (χ2v) is 7.14. The Hall–Kier alpha value is -4.07. The van der Waals surface area contributed by atoms with Gasteiger partial charge in [-0.3, -0.25) is 9.36 Å². The van der Waals surface area contributed by atoms with Crippen molar-refractivity contribution in [2.45, 2.75) is 6.54 Å². The molecule has 0 aliphatic rings. The van der Waals surface area contributed by atoms with Crippen molar-refractivity contribution < 1.29 is 13.6 Å². The second-order valence-electron chi connectivity index (χ2n) is 7.14. The molecule has 0 saturated carbocycles. The molecule has 0 saturated heterocycles. The first-order valence-electron chi connectivity index (χ1n) is 9.63. The zero-order valence-electron chi connectivity index (χ0n) is 16.5. The molecule has 0 atom stereocenters. The maximum Gasteiger partial charge on any atom is 0.268 e. The molecule has 0 fully saturated rings. The van der Waals surface area contributed by atoms with Gasteiger partial charge in [-0.1, -0.05) is 24.3 Å². The molecule has 0 radical (unpaired) electrons. The molecule has 1 amide bonds. The van der Waals surface area contributed by atoms with Crippen molar-refractivity contribution in [3.05, 3.63) is 89.9 Å². The van der Waals surface area contributed by atoms with Crippen molar-refractivity contribution in [3.8, 4) is 5.95 Å². The van der Waals surface area contributed by atoms with E-state index in [2.05, 4.69) is 15.3 Å². The van der Waals surface area contributed by atoms with Crippen molar-refractivity contribution in [2.24, 2.45) is 7.05 Å². The zero-order valence-corrected chi connectivity index (χ0v) is 16.5. The molecule has 5 aromatic rings. The predicted octanol–water partition coefficient (Wildman–Crippen LogP) is 4.12. The molecule has 1 N–H and O–H groups in total. The molecular formula is C23H17F2N5O. The van der Waals surface area contributed by atoms with Crippen LogP contribution in [0.15, 0.2) is 67.0 Å². The molecule has 31 heavy (non-hydrogen) atoms. The fourth-order valence-corrected chi connectivity index (χ4v) is 3.82. The van der Waals surface area contributed by atoms with Crippen molar-refractivity contribution in [2.75, 3.05) is 0 Å². The van der Waals surface area contributed by atoms with Gasteiger partial charge in [-0.15, -0.1) is 0 Å². The van der Waals surface area contributed by atoms with Crippen LogP contribution in [-0.4, -0.2) is 25.0 Å². The Morgan fingerprint density at radius 2 is 1.77 bits per heavy atom. The summed E-state index contributed by atoms with van der Waals surface area (Å²) in [6.45, 7) is -0.0805. The van der Waals surface area contributed by atoms with Gasteiger partial charge in [0.05, 0.1) is 16.6 Å². The number of carbonyl (C=O) groups excluding carboxylic acids is 1. The third-order valence-electron chi connectivity index (χ3n) is 5.30. The summed E-state index contributed by atoms with van der Waals surface area (Å²) < 4.78 is 30.8. The first kappa shape index (κ1) is 18.9. The van der Waals surface area contributed by atoms with Crippen LogP contribution in [0.5, 0.6) is 0 Å². The minimum atomic E-state index is -0.710. The number of aromatic nitrogens is 4. The number of benzene rings is 2. The molecular weight excluding hydrogens is 400 g/mol. The largest absolute Gasteiger partial charge is 0.347 e. The van der Waals surface area contributed by atoms with Crippen LogP contribution in [0.2, 0.25) is 0 Å². The Labute approximate surface area is 175 Å². The fourth-order valence-electron chi connectivity index (χ4n) is 3.82. The van der Waals surface area contributed by atoms with Crippen LogP contribution in [0, 0.1) is 11.6 Å². The summed E-state index contributed by atoms with van der Waals surface area (Å²) in [5, 5.41) is 3.67. The van der Waals surface area contributed by atoms with E-state index >= 15 is 0 Å². The minimum absolute atomic E-state index is 0.0805. The Morgan fingerprint density at radius 3 is 2.55 bits per heavy atom. The first-order valence-corrected chi connectivity index (χ1v) is 9.63. The van der Waals surface area contributed by atoms with Crippen LogP contribution < -0.4 is 5.32 Å². The lowest BCUT2D eigenvalue weighted by atomic mass is 10.2. The van der Waals surface area contributed by atoms with E-state index in [9.17, 15) is 13.6 Å². The SMILES string of the molecule is Cn1c2ccccc2c2c1cc(C(=O)NCc1ccc(F)cc1F)n2-c1ncccn1. The number of hydrogen-bond donors (Lipinski definition) is 1. The molecule has 8 heteroatoms. The van der Waals surface area contributed by atoms with Crippen LogP contribution in [-0.2, 0) is 13.6 Å². The maximum absolute atomic E-state index is 14.0. The third-order valence-corrected chi connectivity index (χ3v) is 5.30. The van der Waals surface area contributed by atoms with E-state index in [-0.39, 0.29) is 12.1 Å². The van der Waals surface area contributed by atoms with E-state index in [0.717, 1.165) is 34.1 Å². The second kappa shape index (κ2) is 7.32. The molecule has 3 aromatic heterocycles. The average molecular weight is 417 g/mol. The van der Waals surface area contributed by atoms with Gasteiger partial charge in [0.1, 0.15) is 17.3 Å². The normalized spacial score (nSPS) is 11.3. The monoisotopic (exact) mass is 417 g/mol. The van der Waals surface area contributed by atoms with Gasteiger partial charge in [0.25, 0.3) is 5.91 Å². The summed E-state index contributed by atoms with van der Waals surface area (Å²) in [5.41, 5.74) is 3.17. The smallest absolute Gasteiger partial charge is 0.268 e. The van der Waals surface area contributed by atoms with Crippen LogP contribution in [0.1, 0.15) is 16.1 Å². The Balaban J connectivity index is 1.62. The summed E-state index contributed by atoms with van der Waals surface area (Å²) in [4.78, 5) is 21.8. The summed E-state index contributed by atoms with van der Waals surface area (Å²) >= 11 is 0. The highest BCUT2D eigenvalue weighted by molar-refractivity contribution is 6.10. The van der Waals surface area contributed by atoms with Crippen molar-refractivity contribution in [3.63, 3.8) is 0 Å². The van der Waals surface area contributed by atoms with E-state index in [1.165, 1.54) is 6.07 Å². The standard InChI is InChI=1S/C23H17F2N5O/c1-29-18-6-3-2-5-16(18)21-19(29)12-20(30(21)23-26-9-4-10-27-23)22(31)28-13-14-7-8-15(24)11-17(14)25/h2-12H,13H2,1H3,(H,28,31). The maximum atomic E-state index is 14.0. The Bertz CT molecular complexity index is 1440. The number of fused-ring (bicyclic) bond motifs is 3. The summed E-state index contributed by atoms with van der Waals surface area (Å²) in [5.74, 6) is -1.44. The van der Waals surface area contributed by atoms with Crippen LogP contribution >= 0.6 is 0 Å². The average Bonchev–Trinajstić information content (AvgIpc) is 3.30. The molecule has 0 bridgehead atoms. The number of hydrogen-bond acceptors (Lipinski definition) is 3. The lowest BCUT2D eigenvalue weighted by Gasteiger charge is -2.10. The number of carbonyl (C=O) groups is 1. The van der Waals surface area contributed by atoms with E-state index in [1.807, 2.05) is 35.9 Å². The fraction of sp³-hybridized carbons (Fsp3) is 0.0870. The van der Waals surface area contributed by atoms with Gasteiger partial charge >= 0.3 is 0 Å². The molecule has 0 spiro atoms. The number of nitrogens with one attached hydrogen (secondary N) is 1. The molecule has 3 heterocycles. The molecule has 0 aliphatic carbocycles. The molecule has 5 rings (SSSR count). The molecule has 0 aliphatic heterocycles.